The van der Waals surface area contributed by atoms with Crippen molar-refractivity contribution < 1.29 is 0 Å². The molecule has 0 spiro atoms. The third kappa shape index (κ3) is 4.72. The molecule has 0 aliphatic heterocycles. The molecule has 29 heavy (non-hydrogen) atoms. The van der Waals surface area contributed by atoms with Gasteiger partial charge in [0.1, 0.15) is 0 Å². The van der Waals surface area contributed by atoms with Crippen LogP contribution in [0.1, 0.15) is 11.1 Å². The number of fused-ring (bicyclic) bond motifs is 1. The van der Waals surface area contributed by atoms with Crippen molar-refractivity contribution in [2.24, 2.45) is 5.10 Å². The molecule has 146 valence electrons. The molecule has 0 bridgehead atoms. The summed E-state index contributed by atoms with van der Waals surface area (Å²) in [6.07, 6.45) is 3.47. The fourth-order valence-electron chi connectivity index (χ4n) is 2.71. The van der Waals surface area contributed by atoms with E-state index >= 15 is 0 Å². The number of nitrogens with one attached hydrogen (secondary N) is 2. The number of aromatic nitrogens is 4. The molecule has 0 amide bonds. The molecule has 0 atom stereocenters. The van der Waals surface area contributed by atoms with Gasteiger partial charge in [-0.1, -0.05) is 54.2 Å². The highest BCUT2D eigenvalue weighted by Crippen LogP contribution is 2.25. The number of benzene rings is 2. The van der Waals surface area contributed by atoms with E-state index in [2.05, 4.69) is 59.9 Å². The molecule has 0 fully saturated rings. The van der Waals surface area contributed by atoms with Gasteiger partial charge in [-0.2, -0.15) is 10.2 Å². The molecule has 8 heteroatoms. The first-order valence-electron chi connectivity index (χ1n) is 9.13. The summed E-state index contributed by atoms with van der Waals surface area (Å²) in [5.74, 6) is 1.42. The van der Waals surface area contributed by atoms with Gasteiger partial charge >= 0.3 is 0 Å². The minimum atomic E-state index is 0.625. The molecule has 2 N–H and O–H groups in total. The van der Waals surface area contributed by atoms with E-state index in [4.69, 9.17) is 0 Å². The van der Waals surface area contributed by atoms with Crippen LogP contribution in [-0.4, -0.2) is 40.5 Å². The van der Waals surface area contributed by atoms with Gasteiger partial charge in [-0.15, -0.1) is 0 Å². The lowest BCUT2D eigenvalue weighted by Crippen LogP contribution is -2.08. The summed E-state index contributed by atoms with van der Waals surface area (Å²) in [7, 11) is 4.03. The number of hydrogen-bond acceptors (Lipinski definition) is 7. The normalized spacial score (nSPS) is 11.2. The summed E-state index contributed by atoms with van der Waals surface area (Å²) < 4.78 is 0. The van der Waals surface area contributed by atoms with Gasteiger partial charge in [0.05, 0.1) is 17.8 Å². The summed E-state index contributed by atoms with van der Waals surface area (Å²) in [6, 6.07) is 18.4. The second-order valence-electron chi connectivity index (χ2n) is 6.62. The molecule has 7 nitrogen and oxygen atoms in total. The summed E-state index contributed by atoms with van der Waals surface area (Å²) in [5.41, 5.74) is 7.08. The highest BCUT2D eigenvalue weighted by molar-refractivity contribution is 7.98. The van der Waals surface area contributed by atoms with Crippen LogP contribution in [0.15, 0.2) is 71.1 Å². The number of thioether (sulfide) groups is 1. The largest absolute Gasteiger partial charge is 0.378 e. The summed E-state index contributed by atoms with van der Waals surface area (Å²) in [5, 5.41) is 12.8. The molecule has 0 saturated heterocycles. The molecule has 0 aliphatic carbocycles. The Morgan fingerprint density at radius 1 is 1.07 bits per heavy atom. The van der Waals surface area contributed by atoms with Gasteiger partial charge in [0.25, 0.3) is 0 Å². The molecular formula is C21H21N7S. The van der Waals surface area contributed by atoms with Crippen molar-refractivity contribution in [3.05, 3.63) is 71.9 Å². The third-order valence-electron chi connectivity index (χ3n) is 4.29. The second kappa shape index (κ2) is 8.74. The summed E-state index contributed by atoms with van der Waals surface area (Å²) in [6.45, 7) is 0. The topological polar surface area (TPSA) is 82.1 Å². The Kier molecular flexibility index (Phi) is 5.71. The van der Waals surface area contributed by atoms with Crippen molar-refractivity contribution in [1.82, 2.24) is 20.2 Å². The van der Waals surface area contributed by atoms with E-state index in [1.807, 2.05) is 44.4 Å². The minimum Gasteiger partial charge on any atom is -0.378 e. The van der Waals surface area contributed by atoms with E-state index in [1.54, 1.807) is 24.2 Å². The predicted molar refractivity (Wildman–Crippen MR) is 120 cm³/mol. The highest BCUT2D eigenvalue weighted by atomic mass is 32.2. The first-order chi connectivity index (χ1) is 14.2. The number of hydrogen-bond donors (Lipinski definition) is 2. The SMILES string of the molecule is CN(C)c1ccc(/C=N/Nc2nc(SCc3ccccc3)nc3[nH]ncc23)cc1. The predicted octanol–water partition coefficient (Wildman–Crippen LogP) is 4.16. The van der Waals surface area contributed by atoms with Crippen LogP contribution >= 0.6 is 11.8 Å². The van der Waals surface area contributed by atoms with Crippen LogP contribution < -0.4 is 10.3 Å². The van der Waals surface area contributed by atoms with Crippen molar-refractivity contribution in [3.8, 4) is 0 Å². The fourth-order valence-corrected chi connectivity index (χ4v) is 3.51. The van der Waals surface area contributed by atoms with Gasteiger partial charge in [0.2, 0.25) is 0 Å². The number of hydrazone groups is 1. The maximum Gasteiger partial charge on any atom is 0.191 e. The Labute approximate surface area is 173 Å². The van der Waals surface area contributed by atoms with Crippen molar-refractivity contribution in [1.29, 1.82) is 0 Å². The minimum absolute atomic E-state index is 0.625. The Hall–Kier alpha value is -3.39. The Bertz CT molecular complexity index is 1110. The van der Waals surface area contributed by atoms with Crippen LogP contribution in [-0.2, 0) is 5.75 Å². The smallest absolute Gasteiger partial charge is 0.191 e. The lowest BCUT2D eigenvalue weighted by molar-refractivity contribution is 0.977. The lowest BCUT2D eigenvalue weighted by atomic mass is 10.2. The fraction of sp³-hybridized carbons (Fsp3) is 0.143. The second-order valence-corrected chi connectivity index (χ2v) is 7.56. The van der Waals surface area contributed by atoms with Crippen LogP contribution in [0, 0.1) is 0 Å². The summed E-state index contributed by atoms with van der Waals surface area (Å²) >= 11 is 1.57. The van der Waals surface area contributed by atoms with Gasteiger partial charge in [-0.3, -0.25) is 10.5 Å². The number of rotatable bonds is 7. The molecular weight excluding hydrogens is 382 g/mol. The van der Waals surface area contributed by atoms with E-state index in [0.717, 1.165) is 22.4 Å². The average molecular weight is 404 g/mol. The highest BCUT2D eigenvalue weighted by Gasteiger charge is 2.10. The van der Waals surface area contributed by atoms with Gasteiger partial charge in [0.15, 0.2) is 16.6 Å². The number of nitrogens with zero attached hydrogens (tertiary/aromatic N) is 5. The van der Waals surface area contributed by atoms with E-state index < -0.39 is 0 Å². The number of H-pyrrole nitrogens is 1. The van der Waals surface area contributed by atoms with E-state index in [0.29, 0.717) is 16.6 Å². The van der Waals surface area contributed by atoms with Crippen LogP contribution in [0.25, 0.3) is 11.0 Å². The molecule has 0 unspecified atom stereocenters. The van der Waals surface area contributed by atoms with Gasteiger partial charge in [-0.05, 0) is 23.3 Å². The van der Waals surface area contributed by atoms with Crippen molar-refractivity contribution in [3.63, 3.8) is 0 Å². The van der Waals surface area contributed by atoms with Crippen LogP contribution in [0.2, 0.25) is 0 Å². The zero-order chi connectivity index (χ0) is 20.1. The molecule has 0 aliphatic rings. The van der Waals surface area contributed by atoms with Gasteiger partial charge in [0, 0.05) is 25.5 Å². The molecule has 2 aromatic carbocycles. The number of anilines is 2. The van der Waals surface area contributed by atoms with Crippen LogP contribution in [0.3, 0.4) is 0 Å². The maximum atomic E-state index is 4.62. The molecule has 0 saturated carbocycles. The van der Waals surface area contributed by atoms with Crippen molar-refractivity contribution >= 4 is 40.5 Å². The average Bonchev–Trinajstić information content (AvgIpc) is 3.22. The zero-order valence-electron chi connectivity index (χ0n) is 16.2. The zero-order valence-corrected chi connectivity index (χ0v) is 17.0. The van der Waals surface area contributed by atoms with E-state index in [9.17, 15) is 0 Å². The molecule has 4 rings (SSSR count). The third-order valence-corrected chi connectivity index (χ3v) is 5.21. The molecule has 0 radical (unpaired) electrons. The van der Waals surface area contributed by atoms with Crippen LogP contribution in [0.5, 0.6) is 0 Å². The molecule has 4 aromatic rings. The molecule has 2 aromatic heterocycles. The lowest BCUT2D eigenvalue weighted by Gasteiger charge is -2.11. The quantitative estimate of drug-likeness (QED) is 0.209. The van der Waals surface area contributed by atoms with Crippen LogP contribution in [0.4, 0.5) is 11.5 Å². The van der Waals surface area contributed by atoms with E-state index in [-0.39, 0.29) is 0 Å². The molecule has 2 heterocycles. The van der Waals surface area contributed by atoms with E-state index in [1.165, 1.54) is 5.56 Å². The van der Waals surface area contributed by atoms with Gasteiger partial charge in [-0.25, -0.2) is 9.97 Å². The first kappa shape index (κ1) is 18.9. The van der Waals surface area contributed by atoms with Gasteiger partial charge < -0.3 is 4.90 Å². The number of aromatic amines is 1. The van der Waals surface area contributed by atoms with Crippen molar-refractivity contribution in [2.75, 3.05) is 24.4 Å². The Balaban J connectivity index is 1.49. The Morgan fingerprint density at radius 2 is 1.86 bits per heavy atom. The summed E-state index contributed by atoms with van der Waals surface area (Å²) in [4.78, 5) is 11.2. The van der Waals surface area contributed by atoms with Crippen molar-refractivity contribution in [2.45, 2.75) is 10.9 Å². The monoisotopic (exact) mass is 403 g/mol. The maximum absolute atomic E-state index is 4.62. The first-order valence-corrected chi connectivity index (χ1v) is 10.1. The standard InChI is InChI=1S/C21H21N7S/c1-28(2)17-10-8-15(9-11-17)12-22-26-19-18-13-23-27-20(18)25-21(24-19)29-14-16-6-4-3-5-7-16/h3-13H,14H2,1-2H3,(H2,23,24,25,26,27)/b22-12+. The Morgan fingerprint density at radius 3 is 2.62 bits per heavy atom.